The van der Waals surface area contributed by atoms with Gasteiger partial charge in [0.25, 0.3) is 5.69 Å². The second kappa shape index (κ2) is 6.56. The third-order valence-electron chi connectivity index (χ3n) is 2.72. The van der Waals surface area contributed by atoms with Gasteiger partial charge in [-0.3, -0.25) is 10.1 Å². The predicted octanol–water partition coefficient (Wildman–Crippen LogP) is 4.26. The lowest BCUT2D eigenvalue weighted by molar-refractivity contribution is -0.385. The third-order valence-corrected chi connectivity index (χ3v) is 3.54. The highest BCUT2D eigenvalue weighted by molar-refractivity contribution is 6.43. The van der Waals surface area contributed by atoms with Crippen LogP contribution in [0, 0.1) is 10.1 Å². The molecule has 0 spiro atoms. The Balaban J connectivity index is 2.15. The Bertz CT molecular complexity index is 703. The number of halogens is 2. The molecule has 108 valence electrons. The first-order valence-electron chi connectivity index (χ1n) is 5.84. The van der Waals surface area contributed by atoms with E-state index in [0.29, 0.717) is 5.56 Å². The van der Waals surface area contributed by atoms with Gasteiger partial charge in [0.2, 0.25) is 0 Å². The summed E-state index contributed by atoms with van der Waals surface area (Å²) in [6, 6.07) is 10.6. The molecule has 0 radical (unpaired) electrons. The first kappa shape index (κ1) is 15.3. The number of ether oxygens (including phenoxy) is 1. The molecule has 0 aromatic heterocycles. The molecule has 7 heteroatoms. The molecule has 0 aliphatic carbocycles. The van der Waals surface area contributed by atoms with Gasteiger partial charge in [-0.2, -0.15) is 0 Å². The molecule has 0 heterocycles. The van der Waals surface area contributed by atoms with E-state index in [1.807, 2.05) is 0 Å². The van der Waals surface area contributed by atoms with Crippen molar-refractivity contribution in [1.29, 1.82) is 0 Å². The van der Waals surface area contributed by atoms with Gasteiger partial charge in [-0.25, -0.2) is 4.79 Å². The van der Waals surface area contributed by atoms with Crippen LogP contribution in [0.25, 0.3) is 0 Å². The maximum absolute atomic E-state index is 11.9. The molecule has 21 heavy (non-hydrogen) atoms. The van der Waals surface area contributed by atoms with E-state index in [1.165, 1.54) is 24.3 Å². The van der Waals surface area contributed by atoms with Gasteiger partial charge in [0.15, 0.2) is 0 Å². The zero-order chi connectivity index (χ0) is 15.4. The predicted molar refractivity (Wildman–Crippen MR) is 78.7 cm³/mol. The number of nitro groups is 1. The number of rotatable bonds is 4. The summed E-state index contributed by atoms with van der Waals surface area (Å²) in [4.78, 5) is 22.3. The average molecular weight is 326 g/mol. The number of nitrogens with zero attached hydrogens (tertiary/aromatic N) is 1. The first-order valence-corrected chi connectivity index (χ1v) is 6.59. The second-order valence-electron chi connectivity index (χ2n) is 4.06. The fourth-order valence-corrected chi connectivity index (χ4v) is 2.07. The van der Waals surface area contributed by atoms with Crippen LogP contribution in [0.5, 0.6) is 0 Å². The topological polar surface area (TPSA) is 69.4 Å². The highest BCUT2D eigenvalue weighted by atomic mass is 35.5. The van der Waals surface area contributed by atoms with Crippen LogP contribution >= 0.6 is 23.2 Å². The molecule has 2 aromatic carbocycles. The number of nitro benzene ring substituents is 1. The van der Waals surface area contributed by atoms with Crippen molar-refractivity contribution in [2.24, 2.45) is 0 Å². The summed E-state index contributed by atoms with van der Waals surface area (Å²) >= 11 is 11.7. The van der Waals surface area contributed by atoms with Crippen molar-refractivity contribution < 1.29 is 14.5 Å². The van der Waals surface area contributed by atoms with Crippen LogP contribution in [0.4, 0.5) is 5.69 Å². The van der Waals surface area contributed by atoms with E-state index in [2.05, 4.69) is 0 Å². The number of esters is 1. The summed E-state index contributed by atoms with van der Waals surface area (Å²) in [5, 5.41) is 11.2. The molecular formula is C14H9Cl2NO4. The van der Waals surface area contributed by atoms with Gasteiger partial charge in [0, 0.05) is 6.07 Å². The fourth-order valence-electron chi connectivity index (χ4n) is 1.69. The van der Waals surface area contributed by atoms with Crippen LogP contribution in [-0.4, -0.2) is 10.9 Å². The molecular weight excluding hydrogens is 317 g/mol. The van der Waals surface area contributed by atoms with Crippen molar-refractivity contribution in [2.45, 2.75) is 6.61 Å². The third kappa shape index (κ3) is 3.51. The minimum absolute atomic E-state index is 0.0896. The van der Waals surface area contributed by atoms with E-state index < -0.39 is 10.9 Å². The molecule has 2 rings (SSSR count). The van der Waals surface area contributed by atoms with Crippen molar-refractivity contribution >= 4 is 34.9 Å². The molecule has 0 aliphatic heterocycles. The highest BCUT2D eigenvalue weighted by Gasteiger charge is 2.17. The minimum Gasteiger partial charge on any atom is -0.457 e. The highest BCUT2D eigenvalue weighted by Crippen LogP contribution is 2.26. The van der Waals surface area contributed by atoms with E-state index in [0.717, 1.165) is 0 Å². The summed E-state index contributed by atoms with van der Waals surface area (Å²) in [5.41, 5.74) is 0.305. The van der Waals surface area contributed by atoms with Crippen molar-refractivity contribution in [3.05, 3.63) is 73.8 Å². The molecule has 0 fully saturated rings. The number of carbonyl (C=O) groups is 1. The number of carbonyl (C=O) groups excluding carboxylic acids is 1. The molecule has 0 unspecified atom stereocenters. The summed E-state index contributed by atoms with van der Waals surface area (Å²) in [6.07, 6.45) is 0. The minimum atomic E-state index is -0.694. The Kier molecular flexibility index (Phi) is 4.77. The SMILES string of the molecule is O=C(OCc1ccccc1[N+](=O)[O-])c1cccc(Cl)c1Cl. The smallest absolute Gasteiger partial charge is 0.340 e. The maximum Gasteiger partial charge on any atom is 0.340 e. The molecule has 0 atom stereocenters. The molecule has 0 amide bonds. The number of benzene rings is 2. The quantitative estimate of drug-likeness (QED) is 0.478. The number of hydrogen-bond acceptors (Lipinski definition) is 4. The fraction of sp³-hybridized carbons (Fsp3) is 0.0714. The van der Waals surface area contributed by atoms with Gasteiger partial charge < -0.3 is 4.74 Å². The zero-order valence-electron chi connectivity index (χ0n) is 10.6. The van der Waals surface area contributed by atoms with Crippen molar-refractivity contribution in [3.63, 3.8) is 0 Å². The Morgan fingerprint density at radius 1 is 1.14 bits per heavy atom. The van der Waals surface area contributed by atoms with Crippen LogP contribution in [-0.2, 0) is 11.3 Å². The lowest BCUT2D eigenvalue weighted by Gasteiger charge is -2.07. The zero-order valence-corrected chi connectivity index (χ0v) is 12.1. The summed E-state index contributed by atoms with van der Waals surface area (Å²) in [6.45, 7) is -0.223. The van der Waals surface area contributed by atoms with E-state index in [-0.39, 0.29) is 27.9 Å². The molecule has 0 saturated carbocycles. The standard InChI is InChI=1S/C14H9Cl2NO4/c15-11-6-3-5-10(13(11)16)14(18)21-8-9-4-1-2-7-12(9)17(19)20/h1-7H,8H2. The van der Waals surface area contributed by atoms with Gasteiger partial charge in [0.1, 0.15) is 6.61 Å². The van der Waals surface area contributed by atoms with Crippen LogP contribution in [0.3, 0.4) is 0 Å². The van der Waals surface area contributed by atoms with E-state index in [4.69, 9.17) is 27.9 Å². The molecule has 0 bridgehead atoms. The van der Waals surface area contributed by atoms with E-state index in [9.17, 15) is 14.9 Å². The van der Waals surface area contributed by atoms with Crippen molar-refractivity contribution in [2.75, 3.05) is 0 Å². The van der Waals surface area contributed by atoms with E-state index in [1.54, 1.807) is 18.2 Å². The summed E-state index contributed by atoms with van der Waals surface area (Å²) in [5.74, 6) is -0.694. The maximum atomic E-state index is 11.9. The Hall–Kier alpha value is -2.11. The Morgan fingerprint density at radius 2 is 1.86 bits per heavy atom. The lowest BCUT2D eigenvalue weighted by atomic mass is 10.2. The second-order valence-corrected chi connectivity index (χ2v) is 4.85. The van der Waals surface area contributed by atoms with Crippen LogP contribution in [0.2, 0.25) is 10.0 Å². The molecule has 0 saturated heterocycles. The normalized spacial score (nSPS) is 10.2. The van der Waals surface area contributed by atoms with Crippen molar-refractivity contribution in [3.8, 4) is 0 Å². The average Bonchev–Trinajstić information content (AvgIpc) is 2.47. The molecule has 0 aliphatic rings. The van der Waals surface area contributed by atoms with Crippen LogP contribution < -0.4 is 0 Å². The van der Waals surface area contributed by atoms with Crippen LogP contribution in [0.1, 0.15) is 15.9 Å². The molecule has 0 N–H and O–H groups in total. The monoisotopic (exact) mass is 325 g/mol. The number of hydrogen-bond donors (Lipinski definition) is 0. The lowest BCUT2D eigenvalue weighted by Crippen LogP contribution is -2.07. The summed E-state index contributed by atoms with van der Waals surface area (Å²) in [7, 11) is 0. The Labute approximate surface area is 130 Å². The van der Waals surface area contributed by atoms with Gasteiger partial charge in [-0.05, 0) is 18.2 Å². The van der Waals surface area contributed by atoms with Gasteiger partial charge >= 0.3 is 5.97 Å². The van der Waals surface area contributed by atoms with Gasteiger partial charge in [0.05, 0.1) is 26.1 Å². The van der Waals surface area contributed by atoms with Crippen molar-refractivity contribution in [1.82, 2.24) is 0 Å². The summed E-state index contributed by atoms with van der Waals surface area (Å²) < 4.78 is 5.05. The molecule has 2 aromatic rings. The van der Waals surface area contributed by atoms with Gasteiger partial charge in [-0.15, -0.1) is 0 Å². The Morgan fingerprint density at radius 3 is 2.57 bits per heavy atom. The first-order chi connectivity index (χ1) is 10.0. The van der Waals surface area contributed by atoms with E-state index >= 15 is 0 Å². The number of para-hydroxylation sites is 1. The largest absolute Gasteiger partial charge is 0.457 e. The van der Waals surface area contributed by atoms with Gasteiger partial charge in [-0.1, -0.05) is 41.4 Å². The molecule has 5 nitrogen and oxygen atoms in total. The van der Waals surface area contributed by atoms with Crippen LogP contribution in [0.15, 0.2) is 42.5 Å².